The lowest BCUT2D eigenvalue weighted by atomic mass is 9.55. The van der Waals surface area contributed by atoms with Crippen LogP contribution >= 0.6 is 0 Å². The van der Waals surface area contributed by atoms with Crippen LogP contribution in [0.5, 0.6) is 0 Å². The lowest BCUT2D eigenvalue weighted by Gasteiger charge is -2.33. The Labute approximate surface area is 191 Å². The fourth-order valence-corrected chi connectivity index (χ4v) is 4.28. The molecule has 0 aromatic carbocycles. The number of methoxy groups -OCH3 is 2. The van der Waals surface area contributed by atoms with Crippen LogP contribution in [-0.4, -0.2) is 62.8 Å². The number of allylic oxidation sites excluding steroid dienone is 2. The summed E-state index contributed by atoms with van der Waals surface area (Å²) >= 11 is 0. The van der Waals surface area contributed by atoms with Gasteiger partial charge in [-0.2, -0.15) is 0 Å². The van der Waals surface area contributed by atoms with Gasteiger partial charge < -0.3 is 28.1 Å². The average molecular weight is 450 g/mol. The molecule has 3 rings (SSSR count). The third kappa shape index (κ3) is 4.15. The molecule has 32 heavy (non-hydrogen) atoms. The third-order valence-electron chi connectivity index (χ3n) is 7.86. The van der Waals surface area contributed by atoms with Gasteiger partial charge in [-0.25, -0.2) is 0 Å². The van der Waals surface area contributed by atoms with Crippen molar-refractivity contribution >= 4 is 26.2 Å². The molecule has 10 heteroatoms. The zero-order valence-corrected chi connectivity index (χ0v) is 21.0. The van der Waals surface area contributed by atoms with Crippen LogP contribution in [0, 0.1) is 11.8 Å². The highest BCUT2D eigenvalue weighted by molar-refractivity contribution is 6.62. The summed E-state index contributed by atoms with van der Waals surface area (Å²) in [7, 11) is 1.25. The molecule has 2 atom stereocenters. The molecule has 178 valence electrons. The van der Waals surface area contributed by atoms with Crippen LogP contribution in [0.2, 0.25) is 0 Å². The van der Waals surface area contributed by atoms with Crippen molar-refractivity contribution in [1.29, 1.82) is 0 Å². The molecule has 2 fully saturated rings. The van der Waals surface area contributed by atoms with E-state index in [-0.39, 0.29) is 12.8 Å². The summed E-state index contributed by atoms with van der Waals surface area (Å²) < 4.78 is 35.3. The predicted molar refractivity (Wildman–Crippen MR) is 119 cm³/mol. The fourth-order valence-electron chi connectivity index (χ4n) is 4.28. The zero-order valence-electron chi connectivity index (χ0n) is 21.0. The van der Waals surface area contributed by atoms with Crippen LogP contribution in [0.3, 0.4) is 0 Å². The molecule has 0 bridgehead atoms. The van der Waals surface area contributed by atoms with E-state index in [2.05, 4.69) is 0 Å². The Morgan fingerprint density at radius 2 is 0.906 bits per heavy atom. The minimum atomic E-state index is -0.715. The molecule has 0 unspecified atom stereocenters. The van der Waals surface area contributed by atoms with E-state index in [9.17, 15) is 9.59 Å². The Kier molecular flexibility index (Phi) is 6.44. The summed E-state index contributed by atoms with van der Waals surface area (Å²) in [4.78, 5) is 25.3. The topological polar surface area (TPSA) is 89.5 Å². The van der Waals surface area contributed by atoms with Crippen molar-refractivity contribution in [3.05, 3.63) is 10.9 Å². The van der Waals surface area contributed by atoms with Crippen LogP contribution in [0.4, 0.5) is 0 Å². The first kappa shape index (κ1) is 25.3. The zero-order chi connectivity index (χ0) is 24.3. The molecule has 0 aromatic heterocycles. The van der Waals surface area contributed by atoms with Crippen LogP contribution in [0.1, 0.15) is 68.2 Å². The maximum atomic E-state index is 12.7. The lowest BCUT2D eigenvalue weighted by Crippen LogP contribution is -2.42. The quantitative estimate of drug-likeness (QED) is 0.478. The van der Waals surface area contributed by atoms with Crippen molar-refractivity contribution in [2.45, 2.75) is 90.6 Å². The van der Waals surface area contributed by atoms with E-state index >= 15 is 0 Å². The van der Waals surface area contributed by atoms with Crippen molar-refractivity contribution in [3.63, 3.8) is 0 Å². The van der Waals surface area contributed by atoms with E-state index in [1.807, 2.05) is 55.4 Å². The average Bonchev–Trinajstić information content (AvgIpc) is 3.05. The summed E-state index contributed by atoms with van der Waals surface area (Å²) in [6, 6.07) is 0. The van der Waals surface area contributed by atoms with E-state index in [1.54, 1.807) is 0 Å². The number of rotatable bonds is 4. The number of esters is 2. The highest BCUT2D eigenvalue weighted by atomic mass is 16.7. The molecule has 2 heterocycles. The van der Waals surface area contributed by atoms with Gasteiger partial charge in [0.15, 0.2) is 0 Å². The smallest absolute Gasteiger partial charge is 0.469 e. The van der Waals surface area contributed by atoms with Gasteiger partial charge in [0.1, 0.15) is 0 Å². The number of carbonyl (C=O) groups is 2. The van der Waals surface area contributed by atoms with E-state index in [4.69, 9.17) is 28.1 Å². The highest BCUT2D eigenvalue weighted by Crippen LogP contribution is 2.47. The molecule has 0 spiro atoms. The molecular formula is C22H36B2O8. The van der Waals surface area contributed by atoms with Crippen LogP contribution in [0.25, 0.3) is 0 Å². The summed E-state index contributed by atoms with van der Waals surface area (Å²) in [5.41, 5.74) is -0.732. The summed E-state index contributed by atoms with van der Waals surface area (Å²) in [6.07, 6.45) is 0.450. The van der Waals surface area contributed by atoms with Crippen molar-refractivity contribution in [2.75, 3.05) is 14.2 Å². The molecular weight excluding hydrogens is 414 g/mol. The Morgan fingerprint density at radius 3 is 1.12 bits per heavy atom. The van der Waals surface area contributed by atoms with E-state index < -0.39 is 60.4 Å². The van der Waals surface area contributed by atoms with Crippen molar-refractivity contribution < 1.29 is 37.7 Å². The second kappa shape index (κ2) is 8.15. The number of ether oxygens (including phenoxy) is 2. The highest BCUT2D eigenvalue weighted by Gasteiger charge is 2.59. The lowest BCUT2D eigenvalue weighted by molar-refractivity contribution is -0.157. The number of carbonyl (C=O) groups excluding carboxylic acids is 2. The van der Waals surface area contributed by atoms with Gasteiger partial charge in [-0.05, 0) is 79.2 Å². The first-order valence-electron chi connectivity index (χ1n) is 11.2. The van der Waals surface area contributed by atoms with Gasteiger partial charge >= 0.3 is 26.2 Å². The molecule has 1 aliphatic carbocycles. The van der Waals surface area contributed by atoms with Gasteiger partial charge in [0.2, 0.25) is 0 Å². The third-order valence-corrected chi connectivity index (χ3v) is 7.86. The van der Waals surface area contributed by atoms with E-state index in [1.165, 1.54) is 14.2 Å². The second-order valence-electron chi connectivity index (χ2n) is 10.9. The SMILES string of the molecule is COC(=O)[C@@H]1CC(B2OC(C)(C)C(C)(C)O2)=C(B2OC(C)(C)C(C)(C)O2)C[C@H]1C(=O)OC. The van der Waals surface area contributed by atoms with Crippen LogP contribution < -0.4 is 0 Å². The Bertz CT molecular complexity index is 719. The minimum absolute atomic E-state index is 0.225. The van der Waals surface area contributed by atoms with E-state index in [0.717, 1.165) is 10.9 Å². The van der Waals surface area contributed by atoms with Gasteiger partial charge in [-0.15, -0.1) is 0 Å². The summed E-state index contributed by atoms with van der Waals surface area (Å²) in [5, 5.41) is 0. The molecule has 0 N–H and O–H groups in total. The Balaban J connectivity index is 2.09. The van der Waals surface area contributed by atoms with Gasteiger partial charge in [0.05, 0.1) is 48.5 Å². The minimum Gasteiger partial charge on any atom is -0.469 e. The van der Waals surface area contributed by atoms with Gasteiger partial charge in [-0.1, -0.05) is 0 Å². The van der Waals surface area contributed by atoms with Crippen molar-refractivity contribution in [3.8, 4) is 0 Å². The predicted octanol–water partition coefficient (Wildman–Crippen LogP) is 2.92. The normalized spacial score (nSPS) is 30.4. The molecule has 3 aliphatic rings. The fraction of sp³-hybridized carbons (Fsp3) is 0.818. The van der Waals surface area contributed by atoms with Gasteiger partial charge in [0, 0.05) is 0 Å². The largest absolute Gasteiger partial charge is 0.489 e. The van der Waals surface area contributed by atoms with E-state index in [0.29, 0.717) is 0 Å². The monoisotopic (exact) mass is 450 g/mol. The number of hydrogen-bond acceptors (Lipinski definition) is 8. The maximum Gasteiger partial charge on any atom is 0.489 e. The Morgan fingerprint density at radius 1 is 0.656 bits per heavy atom. The standard InChI is InChI=1S/C22H36B2O8/c1-19(2)20(3,4)30-23(29-19)15-11-13(17(25)27-9)14(18(26)28-10)12-16(15)24-31-21(5,6)22(7,8)32-24/h13-14H,11-12H2,1-10H3/t13-,14-/m1/s1. The van der Waals surface area contributed by atoms with Crippen molar-refractivity contribution in [2.24, 2.45) is 11.8 Å². The molecule has 0 amide bonds. The summed E-state index contributed by atoms with van der Waals surface area (Å²) in [6.45, 7) is 15.8. The van der Waals surface area contributed by atoms with Crippen molar-refractivity contribution in [1.82, 2.24) is 0 Å². The van der Waals surface area contributed by atoms with Crippen LogP contribution in [0.15, 0.2) is 10.9 Å². The molecule has 8 nitrogen and oxygen atoms in total. The molecule has 0 radical (unpaired) electrons. The first-order chi connectivity index (χ1) is 14.6. The molecule has 2 aliphatic heterocycles. The molecule has 0 saturated carbocycles. The summed E-state index contributed by atoms with van der Waals surface area (Å²) in [5.74, 6) is -2.37. The van der Waals surface area contributed by atoms with Crippen LogP contribution in [-0.2, 0) is 37.7 Å². The van der Waals surface area contributed by atoms with Gasteiger partial charge in [0.25, 0.3) is 0 Å². The molecule has 2 saturated heterocycles. The second-order valence-corrected chi connectivity index (χ2v) is 10.9. The number of hydrogen-bond donors (Lipinski definition) is 0. The maximum absolute atomic E-state index is 12.7. The Hall–Kier alpha value is -1.35. The van der Waals surface area contributed by atoms with Gasteiger partial charge in [-0.3, -0.25) is 9.59 Å². The molecule has 0 aromatic rings. The first-order valence-corrected chi connectivity index (χ1v) is 11.2.